The molecule has 0 fully saturated rings. The Morgan fingerprint density at radius 3 is 2.50 bits per heavy atom. The van der Waals surface area contributed by atoms with Crippen LogP contribution in [0.15, 0.2) is 30.3 Å². The summed E-state index contributed by atoms with van der Waals surface area (Å²) in [5.41, 5.74) is 4.76. The second-order valence-corrected chi connectivity index (χ2v) is 3.40. The summed E-state index contributed by atoms with van der Waals surface area (Å²) in [5, 5.41) is 0. The number of rotatable bonds is 0. The van der Waals surface area contributed by atoms with Gasteiger partial charge < -0.3 is 4.98 Å². The maximum absolute atomic E-state index is 4.50. The molecule has 3 heteroatoms. The van der Waals surface area contributed by atoms with Crippen molar-refractivity contribution in [2.24, 2.45) is 0 Å². The fourth-order valence-electron chi connectivity index (χ4n) is 1.63. The lowest BCUT2D eigenvalue weighted by Gasteiger charge is -1.94. The molecule has 0 saturated heterocycles. The minimum atomic E-state index is 0.862. The third-order valence-corrected chi connectivity index (χ3v) is 2.27. The molecular formula is C11H9N3. The fraction of sp³-hybridized carbons (Fsp3) is 0.0909. The minimum Gasteiger partial charge on any atom is -0.342 e. The summed E-state index contributed by atoms with van der Waals surface area (Å²) in [5.74, 6) is 0. The van der Waals surface area contributed by atoms with E-state index >= 15 is 0 Å². The third kappa shape index (κ3) is 0.988. The van der Waals surface area contributed by atoms with Crippen molar-refractivity contribution in [1.82, 2.24) is 15.0 Å². The summed E-state index contributed by atoms with van der Waals surface area (Å²) in [6.07, 6.45) is 0. The van der Waals surface area contributed by atoms with Crippen molar-refractivity contribution >= 4 is 22.2 Å². The Labute approximate surface area is 80.8 Å². The van der Waals surface area contributed by atoms with Crippen LogP contribution in [0.5, 0.6) is 0 Å². The van der Waals surface area contributed by atoms with Gasteiger partial charge in [-0.1, -0.05) is 12.1 Å². The molecule has 68 valence electrons. The molecule has 0 aliphatic heterocycles. The number of H-pyrrole nitrogens is 1. The van der Waals surface area contributed by atoms with E-state index in [9.17, 15) is 0 Å². The summed E-state index contributed by atoms with van der Waals surface area (Å²) >= 11 is 0. The molecule has 1 N–H and O–H groups in total. The number of aromatic amines is 1. The average molecular weight is 183 g/mol. The molecule has 2 heterocycles. The summed E-state index contributed by atoms with van der Waals surface area (Å²) < 4.78 is 0. The van der Waals surface area contributed by atoms with Crippen LogP contribution in [-0.4, -0.2) is 15.0 Å². The van der Waals surface area contributed by atoms with E-state index in [2.05, 4.69) is 15.0 Å². The topological polar surface area (TPSA) is 41.6 Å². The van der Waals surface area contributed by atoms with Gasteiger partial charge in [0, 0.05) is 5.69 Å². The minimum absolute atomic E-state index is 0.862. The fourth-order valence-corrected chi connectivity index (χ4v) is 1.63. The van der Waals surface area contributed by atoms with Gasteiger partial charge in [0.25, 0.3) is 0 Å². The molecule has 3 rings (SSSR count). The highest BCUT2D eigenvalue weighted by Gasteiger charge is 2.02. The number of hydrogen-bond acceptors (Lipinski definition) is 2. The van der Waals surface area contributed by atoms with Gasteiger partial charge in [0.1, 0.15) is 5.52 Å². The Morgan fingerprint density at radius 2 is 1.71 bits per heavy atom. The number of fused-ring (bicyclic) bond motifs is 2. The van der Waals surface area contributed by atoms with Crippen molar-refractivity contribution in [3.8, 4) is 0 Å². The zero-order valence-corrected chi connectivity index (χ0v) is 7.78. The van der Waals surface area contributed by atoms with Gasteiger partial charge in [0.2, 0.25) is 0 Å². The van der Waals surface area contributed by atoms with Gasteiger partial charge in [0.05, 0.1) is 11.0 Å². The predicted octanol–water partition coefficient (Wildman–Crippen LogP) is 2.42. The van der Waals surface area contributed by atoms with Crippen LogP contribution in [0.2, 0.25) is 0 Å². The van der Waals surface area contributed by atoms with E-state index in [4.69, 9.17) is 0 Å². The Balaban J connectivity index is 2.51. The van der Waals surface area contributed by atoms with Crippen molar-refractivity contribution in [3.05, 3.63) is 36.0 Å². The average Bonchev–Trinajstić information content (AvgIpc) is 2.53. The summed E-state index contributed by atoms with van der Waals surface area (Å²) in [6, 6.07) is 9.90. The lowest BCUT2D eigenvalue weighted by molar-refractivity contribution is 1.26. The number of para-hydroxylation sites is 2. The number of hydrogen-bond donors (Lipinski definition) is 1. The molecule has 3 aromatic rings. The molecule has 1 aromatic carbocycles. The van der Waals surface area contributed by atoms with Crippen molar-refractivity contribution < 1.29 is 0 Å². The monoisotopic (exact) mass is 183 g/mol. The number of nitrogens with one attached hydrogen (secondary N) is 1. The van der Waals surface area contributed by atoms with Crippen LogP contribution in [0, 0.1) is 6.92 Å². The van der Waals surface area contributed by atoms with E-state index in [0.29, 0.717) is 0 Å². The molecule has 0 radical (unpaired) electrons. The highest BCUT2D eigenvalue weighted by Crippen LogP contribution is 2.15. The smallest absolute Gasteiger partial charge is 0.156 e. The Hall–Kier alpha value is -1.90. The zero-order valence-electron chi connectivity index (χ0n) is 7.78. The van der Waals surface area contributed by atoms with Gasteiger partial charge in [-0.25, -0.2) is 9.97 Å². The van der Waals surface area contributed by atoms with E-state index in [-0.39, 0.29) is 0 Å². The molecule has 0 amide bonds. The van der Waals surface area contributed by atoms with Gasteiger partial charge in [-0.15, -0.1) is 0 Å². The van der Waals surface area contributed by atoms with Crippen LogP contribution in [0.25, 0.3) is 22.2 Å². The van der Waals surface area contributed by atoms with Crippen molar-refractivity contribution in [2.45, 2.75) is 6.92 Å². The molecule has 0 saturated carbocycles. The first-order valence-electron chi connectivity index (χ1n) is 4.55. The molecule has 2 aromatic heterocycles. The van der Waals surface area contributed by atoms with Crippen LogP contribution in [0.1, 0.15) is 5.69 Å². The highest BCUT2D eigenvalue weighted by molar-refractivity contribution is 5.84. The van der Waals surface area contributed by atoms with E-state index < -0.39 is 0 Å². The lowest BCUT2D eigenvalue weighted by atomic mass is 10.3. The first-order chi connectivity index (χ1) is 6.83. The standard InChI is InChI=1S/C11H9N3/c1-7-6-10-11(12-7)14-9-5-3-2-4-8(9)13-10/h2-6H,1H3,(H,12,14). The van der Waals surface area contributed by atoms with Crippen molar-refractivity contribution in [2.75, 3.05) is 0 Å². The molecule has 3 nitrogen and oxygen atoms in total. The maximum Gasteiger partial charge on any atom is 0.156 e. The summed E-state index contributed by atoms with van der Waals surface area (Å²) in [7, 11) is 0. The van der Waals surface area contributed by atoms with Crippen LogP contribution >= 0.6 is 0 Å². The van der Waals surface area contributed by atoms with Gasteiger partial charge in [-0.2, -0.15) is 0 Å². The maximum atomic E-state index is 4.50. The second-order valence-electron chi connectivity index (χ2n) is 3.40. The number of aromatic nitrogens is 3. The summed E-state index contributed by atoms with van der Waals surface area (Å²) in [6.45, 7) is 2.01. The molecule has 0 spiro atoms. The van der Waals surface area contributed by atoms with Crippen molar-refractivity contribution in [3.63, 3.8) is 0 Å². The first-order valence-corrected chi connectivity index (χ1v) is 4.55. The molecule has 14 heavy (non-hydrogen) atoms. The predicted molar refractivity (Wildman–Crippen MR) is 56.1 cm³/mol. The molecule has 0 bridgehead atoms. The molecule has 0 aliphatic rings. The SMILES string of the molecule is Cc1cc2nc3ccccc3nc2[nH]1. The van der Waals surface area contributed by atoms with Gasteiger partial charge in [-0.3, -0.25) is 0 Å². The first kappa shape index (κ1) is 7.50. The number of aryl methyl sites for hydroxylation is 1. The quantitative estimate of drug-likeness (QED) is 0.581. The van der Waals surface area contributed by atoms with Crippen molar-refractivity contribution in [1.29, 1.82) is 0 Å². The number of nitrogens with zero attached hydrogens (tertiary/aromatic N) is 2. The van der Waals surface area contributed by atoms with Gasteiger partial charge >= 0.3 is 0 Å². The number of benzene rings is 1. The Morgan fingerprint density at radius 1 is 1.00 bits per heavy atom. The molecular weight excluding hydrogens is 174 g/mol. The van der Waals surface area contributed by atoms with E-state index in [1.807, 2.05) is 37.3 Å². The normalized spacial score (nSPS) is 11.2. The van der Waals surface area contributed by atoms with Crippen LogP contribution in [0.4, 0.5) is 0 Å². The van der Waals surface area contributed by atoms with Crippen LogP contribution in [-0.2, 0) is 0 Å². The Bertz CT molecular complexity index is 558. The van der Waals surface area contributed by atoms with E-state index in [1.165, 1.54) is 0 Å². The van der Waals surface area contributed by atoms with Gasteiger partial charge in [-0.05, 0) is 25.1 Å². The molecule has 0 unspecified atom stereocenters. The van der Waals surface area contributed by atoms with Gasteiger partial charge in [0.15, 0.2) is 5.65 Å². The van der Waals surface area contributed by atoms with E-state index in [0.717, 1.165) is 27.9 Å². The van der Waals surface area contributed by atoms with E-state index in [1.54, 1.807) is 0 Å². The summed E-state index contributed by atoms with van der Waals surface area (Å²) in [4.78, 5) is 12.2. The second kappa shape index (κ2) is 2.54. The highest BCUT2D eigenvalue weighted by atomic mass is 14.9. The largest absolute Gasteiger partial charge is 0.342 e. The van der Waals surface area contributed by atoms with Crippen LogP contribution in [0.3, 0.4) is 0 Å². The molecule has 0 aliphatic carbocycles. The third-order valence-electron chi connectivity index (χ3n) is 2.27. The van der Waals surface area contributed by atoms with Crippen LogP contribution < -0.4 is 0 Å². The molecule has 0 atom stereocenters. The Kier molecular flexibility index (Phi) is 1.36. The zero-order chi connectivity index (χ0) is 9.54. The lowest BCUT2D eigenvalue weighted by Crippen LogP contribution is -1.84.